The van der Waals surface area contributed by atoms with E-state index in [0.717, 1.165) is 25.9 Å². The molecule has 0 spiro atoms. The van der Waals surface area contributed by atoms with Crippen LogP contribution in [-0.2, 0) is 14.2 Å². The summed E-state index contributed by atoms with van der Waals surface area (Å²) in [6.45, 7) is 1.65. The van der Waals surface area contributed by atoms with Crippen molar-refractivity contribution in [2.75, 3.05) is 19.8 Å². The Labute approximate surface area is 77.8 Å². The second-order valence-corrected chi connectivity index (χ2v) is 3.58. The predicted octanol–water partition coefficient (Wildman–Crippen LogP) is 0.289. The summed E-state index contributed by atoms with van der Waals surface area (Å²) in [5, 5.41) is 9.41. The number of hydrogen-bond donors (Lipinski definition) is 1. The molecule has 0 saturated carbocycles. The molecule has 4 nitrogen and oxygen atoms in total. The zero-order valence-electron chi connectivity index (χ0n) is 7.65. The Morgan fingerprint density at radius 2 is 2.15 bits per heavy atom. The molecule has 4 heteroatoms. The molecule has 2 aliphatic heterocycles. The first kappa shape index (κ1) is 9.40. The Hall–Kier alpha value is -0.160. The summed E-state index contributed by atoms with van der Waals surface area (Å²) < 4.78 is 16.0. The van der Waals surface area contributed by atoms with Crippen molar-refractivity contribution in [1.29, 1.82) is 0 Å². The largest absolute Gasteiger partial charge is 0.388 e. The second kappa shape index (κ2) is 4.37. The molecular weight excluding hydrogens is 172 g/mol. The minimum Gasteiger partial charge on any atom is -0.388 e. The molecule has 0 aliphatic carbocycles. The standard InChI is InChI=1S/C9H16O4/c10-7-5-11-6-8(7)13-9-3-1-2-4-12-9/h7-10H,1-6H2/t7-,8-,9?/m1/s1. The van der Waals surface area contributed by atoms with Crippen molar-refractivity contribution >= 4 is 0 Å². The van der Waals surface area contributed by atoms with E-state index in [1.807, 2.05) is 0 Å². The van der Waals surface area contributed by atoms with Gasteiger partial charge in [0.05, 0.1) is 13.2 Å². The van der Waals surface area contributed by atoms with Crippen LogP contribution in [0.25, 0.3) is 0 Å². The molecule has 0 bridgehead atoms. The van der Waals surface area contributed by atoms with Crippen LogP contribution in [0.3, 0.4) is 0 Å². The zero-order chi connectivity index (χ0) is 9.10. The van der Waals surface area contributed by atoms with Gasteiger partial charge in [0.2, 0.25) is 0 Å². The Kier molecular flexibility index (Phi) is 3.16. The van der Waals surface area contributed by atoms with Crippen LogP contribution in [0.2, 0.25) is 0 Å². The molecule has 2 fully saturated rings. The van der Waals surface area contributed by atoms with Crippen molar-refractivity contribution in [2.24, 2.45) is 0 Å². The van der Waals surface area contributed by atoms with Crippen LogP contribution in [0.5, 0.6) is 0 Å². The van der Waals surface area contributed by atoms with Crippen molar-refractivity contribution in [2.45, 2.75) is 37.8 Å². The van der Waals surface area contributed by atoms with E-state index in [9.17, 15) is 5.11 Å². The Morgan fingerprint density at radius 1 is 1.23 bits per heavy atom. The molecule has 13 heavy (non-hydrogen) atoms. The summed E-state index contributed by atoms with van der Waals surface area (Å²) >= 11 is 0. The highest BCUT2D eigenvalue weighted by atomic mass is 16.7. The van der Waals surface area contributed by atoms with Gasteiger partial charge in [-0.15, -0.1) is 0 Å². The molecule has 0 aromatic heterocycles. The minimum absolute atomic E-state index is 0.130. The van der Waals surface area contributed by atoms with Gasteiger partial charge in [-0.3, -0.25) is 0 Å². The molecule has 2 heterocycles. The quantitative estimate of drug-likeness (QED) is 0.676. The molecule has 0 aromatic rings. The van der Waals surface area contributed by atoms with Gasteiger partial charge in [0.1, 0.15) is 12.2 Å². The second-order valence-electron chi connectivity index (χ2n) is 3.58. The van der Waals surface area contributed by atoms with E-state index >= 15 is 0 Å². The smallest absolute Gasteiger partial charge is 0.158 e. The summed E-state index contributed by atoms with van der Waals surface area (Å²) in [6, 6.07) is 0. The van der Waals surface area contributed by atoms with Gasteiger partial charge in [0.15, 0.2) is 6.29 Å². The average molecular weight is 188 g/mol. The molecule has 76 valence electrons. The van der Waals surface area contributed by atoms with Crippen LogP contribution in [0.1, 0.15) is 19.3 Å². The number of hydrogen-bond acceptors (Lipinski definition) is 4. The van der Waals surface area contributed by atoms with Gasteiger partial charge in [-0.05, 0) is 19.3 Å². The van der Waals surface area contributed by atoms with Crippen molar-refractivity contribution in [3.63, 3.8) is 0 Å². The fourth-order valence-electron chi connectivity index (χ4n) is 1.67. The monoisotopic (exact) mass is 188 g/mol. The van der Waals surface area contributed by atoms with Crippen LogP contribution in [0, 0.1) is 0 Å². The van der Waals surface area contributed by atoms with Crippen LogP contribution in [0.15, 0.2) is 0 Å². The summed E-state index contributed by atoms with van der Waals surface area (Å²) in [6.07, 6.45) is 2.39. The first-order valence-electron chi connectivity index (χ1n) is 4.89. The van der Waals surface area contributed by atoms with E-state index in [1.165, 1.54) is 0 Å². The number of aliphatic hydroxyl groups excluding tert-OH is 1. The first-order valence-corrected chi connectivity index (χ1v) is 4.89. The van der Waals surface area contributed by atoms with Crippen molar-refractivity contribution in [1.82, 2.24) is 0 Å². The summed E-state index contributed by atoms with van der Waals surface area (Å²) in [5.74, 6) is 0. The van der Waals surface area contributed by atoms with Crippen LogP contribution in [0.4, 0.5) is 0 Å². The third-order valence-corrected chi connectivity index (χ3v) is 2.46. The van der Waals surface area contributed by atoms with Gasteiger partial charge in [-0.2, -0.15) is 0 Å². The van der Waals surface area contributed by atoms with Crippen LogP contribution >= 0.6 is 0 Å². The SMILES string of the molecule is O[C@@H]1COC[C@H]1OC1CCCCO1. The van der Waals surface area contributed by atoms with E-state index < -0.39 is 6.10 Å². The maximum Gasteiger partial charge on any atom is 0.158 e. The molecule has 2 rings (SSSR count). The fraction of sp³-hybridized carbons (Fsp3) is 1.00. The Bertz CT molecular complexity index is 156. The molecule has 0 radical (unpaired) electrons. The molecule has 1 unspecified atom stereocenters. The van der Waals surface area contributed by atoms with E-state index in [2.05, 4.69) is 0 Å². The van der Waals surface area contributed by atoms with Crippen molar-refractivity contribution < 1.29 is 19.3 Å². The molecule has 2 aliphatic rings. The van der Waals surface area contributed by atoms with E-state index in [4.69, 9.17) is 14.2 Å². The van der Waals surface area contributed by atoms with E-state index in [0.29, 0.717) is 13.2 Å². The molecule has 3 atom stereocenters. The lowest BCUT2D eigenvalue weighted by atomic mass is 10.2. The van der Waals surface area contributed by atoms with Crippen LogP contribution < -0.4 is 0 Å². The fourth-order valence-corrected chi connectivity index (χ4v) is 1.67. The maximum atomic E-state index is 9.41. The highest BCUT2D eigenvalue weighted by Gasteiger charge is 2.30. The highest BCUT2D eigenvalue weighted by molar-refractivity contribution is 4.75. The zero-order valence-corrected chi connectivity index (χ0v) is 7.65. The average Bonchev–Trinajstić information content (AvgIpc) is 2.54. The van der Waals surface area contributed by atoms with Crippen LogP contribution in [-0.4, -0.2) is 43.4 Å². The lowest BCUT2D eigenvalue weighted by molar-refractivity contribution is -0.199. The lowest BCUT2D eigenvalue weighted by Crippen LogP contribution is -2.34. The minimum atomic E-state index is -0.481. The van der Waals surface area contributed by atoms with Gasteiger partial charge in [0.25, 0.3) is 0 Å². The molecular formula is C9H16O4. The van der Waals surface area contributed by atoms with Gasteiger partial charge in [0, 0.05) is 6.61 Å². The summed E-state index contributed by atoms with van der Waals surface area (Å²) in [5.41, 5.74) is 0. The normalized spacial score (nSPS) is 40.8. The first-order chi connectivity index (χ1) is 6.36. The molecule has 2 saturated heterocycles. The number of ether oxygens (including phenoxy) is 3. The predicted molar refractivity (Wildman–Crippen MR) is 45.3 cm³/mol. The van der Waals surface area contributed by atoms with Gasteiger partial charge >= 0.3 is 0 Å². The molecule has 1 N–H and O–H groups in total. The van der Waals surface area contributed by atoms with E-state index in [-0.39, 0.29) is 12.4 Å². The Morgan fingerprint density at radius 3 is 2.77 bits per heavy atom. The molecule has 0 aromatic carbocycles. The summed E-state index contributed by atoms with van der Waals surface area (Å²) in [7, 11) is 0. The van der Waals surface area contributed by atoms with Gasteiger partial charge in [-0.1, -0.05) is 0 Å². The molecule has 0 amide bonds. The maximum absolute atomic E-state index is 9.41. The summed E-state index contributed by atoms with van der Waals surface area (Å²) in [4.78, 5) is 0. The third kappa shape index (κ3) is 2.40. The van der Waals surface area contributed by atoms with Gasteiger partial charge < -0.3 is 19.3 Å². The number of rotatable bonds is 2. The Balaban J connectivity index is 1.75. The highest BCUT2D eigenvalue weighted by Crippen LogP contribution is 2.19. The lowest BCUT2D eigenvalue weighted by Gasteiger charge is -2.26. The number of aliphatic hydroxyl groups is 1. The van der Waals surface area contributed by atoms with Crippen molar-refractivity contribution in [3.05, 3.63) is 0 Å². The van der Waals surface area contributed by atoms with E-state index in [1.54, 1.807) is 0 Å². The topological polar surface area (TPSA) is 47.9 Å². The third-order valence-electron chi connectivity index (χ3n) is 2.46. The van der Waals surface area contributed by atoms with Crippen molar-refractivity contribution in [3.8, 4) is 0 Å². The van der Waals surface area contributed by atoms with Gasteiger partial charge in [-0.25, -0.2) is 0 Å².